The molecule has 8 heteroatoms. The Kier molecular flexibility index (Phi) is 7.64. The summed E-state index contributed by atoms with van der Waals surface area (Å²) in [6, 6.07) is 19.0. The lowest BCUT2D eigenvalue weighted by atomic mass is 10.1. The Bertz CT molecular complexity index is 1090. The number of methoxy groups -OCH3 is 1. The average molecular weight is 439 g/mol. The highest BCUT2D eigenvalue weighted by Crippen LogP contribution is 2.51. The Balaban J connectivity index is 2.00. The maximum Gasteiger partial charge on any atom is 0.336 e. The average Bonchev–Trinajstić information content (AvgIpc) is 3.16. The third-order valence-electron chi connectivity index (χ3n) is 4.65. The summed E-state index contributed by atoms with van der Waals surface area (Å²) >= 11 is 0. The molecule has 7 nitrogen and oxygen atoms in total. The number of benzene rings is 2. The fourth-order valence-corrected chi connectivity index (χ4v) is 4.93. The number of hydrogen-bond donors (Lipinski definition) is 0. The molecular weight excluding hydrogens is 413 g/mol. The molecule has 1 aromatic heterocycles. The molecule has 31 heavy (non-hydrogen) atoms. The van der Waals surface area contributed by atoms with Gasteiger partial charge in [-0.15, -0.1) is 0 Å². The van der Waals surface area contributed by atoms with Gasteiger partial charge in [-0.3, -0.25) is 9.25 Å². The van der Waals surface area contributed by atoms with Crippen LogP contribution >= 0.6 is 7.60 Å². The molecule has 3 aromatic rings. The highest BCUT2D eigenvalue weighted by molar-refractivity contribution is 7.53. The zero-order valence-corrected chi connectivity index (χ0v) is 18.8. The minimum absolute atomic E-state index is 0.107. The van der Waals surface area contributed by atoms with E-state index in [0.29, 0.717) is 31.0 Å². The first-order chi connectivity index (χ1) is 15.0. The van der Waals surface area contributed by atoms with Crippen molar-refractivity contribution in [2.45, 2.75) is 26.6 Å². The van der Waals surface area contributed by atoms with Crippen LogP contribution in [0, 0.1) is 11.3 Å². The fraction of sp³-hybridized carbons (Fsp3) is 0.304. The van der Waals surface area contributed by atoms with Crippen LogP contribution in [0.2, 0.25) is 0 Å². The minimum Gasteiger partial charge on any atom is -0.497 e. The number of aromatic nitrogens is 2. The van der Waals surface area contributed by atoms with Crippen LogP contribution in [0.25, 0.3) is 11.3 Å². The van der Waals surface area contributed by atoms with Gasteiger partial charge in [-0.25, -0.2) is 0 Å². The van der Waals surface area contributed by atoms with Crippen molar-refractivity contribution in [1.82, 2.24) is 9.78 Å². The van der Waals surface area contributed by atoms with Crippen molar-refractivity contribution >= 4 is 7.60 Å². The first-order valence-electron chi connectivity index (χ1n) is 10.1. The normalized spacial score (nSPS) is 11.3. The van der Waals surface area contributed by atoms with Gasteiger partial charge in [0.1, 0.15) is 5.75 Å². The van der Waals surface area contributed by atoms with Crippen LogP contribution in [0.5, 0.6) is 5.75 Å². The van der Waals surface area contributed by atoms with Gasteiger partial charge in [-0.2, -0.15) is 10.4 Å². The largest absolute Gasteiger partial charge is 0.497 e. The standard InChI is InChI=1S/C23H26N3O4P/c1-4-29-31(27,30-5-2)17-21-14-23(20-8-6-7-19(13-20)15-24)25-26(21)16-18-9-11-22(28-3)12-10-18/h6-14H,4-5,16-17H2,1-3H3. The second-order valence-corrected chi connectivity index (χ2v) is 8.88. The van der Waals surface area contributed by atoms with E-state index in [1.54, 1.807) is 37.8 Å². The topological polar surface area (TPSA) is 86.4 Å². The zero-order valence-electron chi connectivity index (χ0n) is 17.9. The van der Waals surface area contributed by atoms with Crippen LogP contribution in [-0.2, 0) is 26.3 Å². The van der Waals surface area contributed by atoms with E-state index in [-0.39, 0.29) is 6.16 Å². The van der Waals surface area contributed by atoms with Crippen molar-refractivity contribution in [3.8, 4) is 23.1 Å². The van der Waals surface area contributed by atoms with E-state index in [9.17, 15) is 9.83 Å². The molecule has 162 valence electrons. The van der Waals surface area contributed by atoms with Gasteiger partial charge in [0.25, 0.3) is 0 Å². The van der Waals surface area contributed by atoms with Crippen molar-refractivity contribution in [2.75, 3.05) is 20.3 Å². The van der Waals surface area contributed by atoms with Gasteiger partial charge >= 0.3 is 7.60 Å². The van der Waals surface area contributed by atoms with Gasteiger partial charge in [0.2, 0.25) is 0 Å². The molecule has 3 rings (SSSR count). The van der Waals surface area contributed by atoms with Crippen LogP contribution in [0.15, 0.2) is 54.6 Å². The zero-order chi connectivity index (χ0) is 22.3. The monoisotopic (exact) mass is 439 g/mol. The maximum absolute atomic E-state index is 13.2. The molecule has 0 fully saturated rings. The molecule has 0 unspecified atom stereocenters. The van der Waals surface area contributed by atoms with E-state index in [1.165, 1.54) is 0 Å². The Hall–Kier alpha value is -2.91. The number of nitriles is 1. The van der Waals surface area contributed by atoms with E-state index in [1.807, 2.05) is 42.5 Å². The smallest absolute Gasteiger partial charge is 0.336 e. The Morgan fingerprint density at radius 3 is 2.39 bits per heavy atom. The molecule has 0 aliphatic rings. The van der Waals surface area contributed by atoms with Crippen molar-refractivity contribution in [3.05, 3.63) is 71.4 Å². The van der Waals surface area contributed by atoms with Gasteiger partial charge < -0.3 is 13.8 Å². The third-order valence-corrected chi connectivity index (χ3v) is 6.66. The van der Waals surface area contributed by atoms with E-state index in [2.05, 4.69) is 6.07 Å². The molecule has 0 aliphatic carbocycles. The lowest BCUT2D eigenvalue weighted by Crippen LogP contribution is -2.08. The first-order valence-corrected chi connectivity index (χ1v) is 11.8. The summed E-state index contributed by atoms with van der Waals surface area (Å²) in [6.07, 6.45) is 0.107. The molecule has 0 radical (unpaired) electrons. The Morgan fingerprint density at radius 1 is 1.06 bits per heavy atom. The lowest BCUT2D eigenvalue weighted by Gasteiger charge is -2.17. The number of ether oxygens (including phenoxy) is 1. The molecule has 0 spiro atoms. The highest BCUT2D eigenvalue weighted by Gasteiger charge is 2.27. The summed E-state index contributed by atoms with van der Waals surface area (Å²) in [7, 11) is -1.69. The maximum atomic E-state index is 13.2. The summed E-state index contributed by atoms with van der Waals surface area (Å²) in [5.41, 5.74) is 3.82. The van der Waals surface area contributed by atoms with E-state index in [4.69, 9.17) is 18.9 Å². The summed E-state index contributed by atoms with van der Waals surface area (Å²) in [6.45, 7) is 4.65. The first kappa shape index (κ1) is 22.8. The van der Waals surface area contributed by atoms with E-state index in [0.717, 1.165) is 22.6 Å². The van der Waals surface area contributed by atoms with E-state index >= 15 is 0 Å². The van der Waals surface area contributed by atoms with Crippen LogP contribution in [0.1, 0.15) is 30.7 Å². The minimum atomic E-state index is -3.31. The summed E-state index contributed by atoms with van der Waals surface area (Å²) in [4.78, 5) is 0. The number of rotatable bonds is 10. The molecule has 1 heterocycles. The van der Waals surface area contributed by atoms with Crippen molar-refractivity contribution < 1.29 is 18.3 Å². The molecule has 0 aliphatic heterocycles. The van der Waals surface area contributed by atoms with Crippen molar-refractivity contribution in [1.29, 1.82) is 5.26 Å². The van der Waals surface area contributed by atoms with Gasteiger partial charge in [0, 0.05) is 5.56 Å². The molecular formula is C23H26N3O4P. The van der Waals surface area contributed by atoms with Crippen LogP contribution in [-0.4, -0.2) is 30.1 Å². The van der Waals surface area contributed by atoms with Crippen LogP contribution in [0.3, 0.4) is 0 Å². The molecule has 0 saturated heterocycles. The second-order valence-electron chi connectivity index (χ2n) is 6.82. The summed E-state index contributed by atoms with van der Waals surface area (Å²) < 4.78 is 31.2. The molecule has 0 N–H and O–H groups in total. The highest BCUT2D eigenvalue weighted by atomic mass is 31.2. The SMILES string of the molecule is CCOP(=O)(Cc1cc(-c2cccc(C#N)c2)nn1Cc1ccc(OC)cc1)OCC. The van der Waals surface area contributed by atoms with Gasteiger partial charge in [-0.05, 0) is 49.7 Å². The molecule has 0 bridgehead atoms. The van der Waals surface area contributed by atoms with E-state index < -0.39 is 7.60 Å². The molecule has 0 amide bonds. The summed E-state index contributed by atoms with van der Waals surface area (Å²) in [5.74, 6) is 0.774. The van der Waals surface area contributed by atoms with Gasteiger partial charge in [0.05, 0.1) is 56.1 Å². The Morgan fingerprint density at radius 2 is 1.77 bits per heavy atom. The molecule has 0 atom stereocenters. The second kappa shape index (κ2) is 10.4. The quantitative estimate of drug-likeness (QED) is 0.401. The van der Waals surface area contributed by atoms with Crippen molar-refractivity contribution in [2.24, 2.45) is 0 Å². The lowest BCUT2D eigenvalue weighted by molar-refractivity contribution is 0.218. The number of nitrogens with zero attached hydrogens (tertiary/aromatic N) is 3. The van der Waals surface area contributed by atoms with Gasteiger partial charge in [0.15, 0.2) is 0 Å². The molecule has 0 saturated carbocycles. The number of hydrogen-bond acceptors (Lipinski definition) is 6. The summed E-state index contributed by atoms with van der Waals surface area (Å²) in [5, 5.41) is 14.0. The van der Waals surface area contributed by atoms with Crippen LogP contribution in [0.4, 0.5) is 0 Å². The van der Waals surface area contributed by atoms with Crippen LogP contribution < -0.4 is 4.74 Å². The third kappa shape index (κ3) is 5.83. The predicted molar refractivity (Wildman–Crippen MR) is 119 cm³/mol. The fourth-order valence-electron chi connectivity index (χ4n) is 3.23. The van der Waals surface area contributed by atoms with Gasteiger partial charge in [-0.1, -0.05) is 24.3 Å². The predicted octanol–water partition coefficient (Wildman–Crippen LogP) is 5.24. The Labute approximate surface area is 182 Å². The molecule has 2 aromatic carbocycles. The van der Waals surface area contributed by atoms with Crippen molar-refractivity contribution in [3.63, 3.8) is 0 Å².